The molecule has 1 saturated heterocycles. The lowest BCUT2D eigenvalue weighted by atomic mass is 10.2. The normalized spacial score (nSPS) is 17.8. The van der Waals surface area contributed by atoms with Gasteiger partial charge in [-0.15, -0.1) is 4.40 Å². The minimum absolute atomic E-state index is 0.0147. The Labute approximate surface area is 183 Å². The highest BCUT2D eigenvalue weighted by molar-refractivity contribution is 8.16. The zero-order chi connectivity index (χ0) is 22.6. The third-order valence-electron chi connectivity index (χ3n) is 4.39. The van der Waals surface area contributed by atoms with Gasteiger partial charge >= 0.3 is 0 Å². The molecular weight excluding hydrogens is 445 g/mol. The quantitative estimate of drug-likeness (QED) is 0.674. The van der Waals surface area contributed by atoms with Crippen LogP contribution in [0.3, 0.4) is 0 Å². The Morgan fingerprint density at radius 3 is 2.42 bits per heavy atom. The Morgan fingerprint density at radius 2 is 1.84 bits per heavy atom. The van der Waals surface area contributed by atoms with Crippen molar-refractivity contribution in [3.05, 3.63) is 54.3 Å². The smallest absolute Gasteiger partial charge is 0.284 e. The van der Waals surface area contributed by atoms with Crippen LogP contribution in [0.5, 0.6) is 5.75 Å². The number of methoxy groups -OCH3 is 1. The predicted octanol–water partition coefficient (Wildman–Crippen LogP) is 2.87. The van der Waals surface area contributed by atoms with Crippen LogP contribution in [0.2, 0.25) is 0 Å². The lowest BCUT2D eigenvalue weighted by Gasteiger charge is -2.13. The summed E-state index contributed by atoms with van der Waals surface area (Å²) >= 11 is 0.913. The molecule has 0 bridgehead atoms. The zero-order valence-corrected chi connectivity index (χ0v) is 18.4. The van der Waals surface area contributed by atoms with Crippen LogP contribution < -0.4 is 10.1 Å². The molecule has 0 aliphatic carbocycles. The van der Waals surface area contributed by atoms with E-state index in [1.54, 1.807) is 31.2 Å². The molecule has 3 rings (SSSR count). The summed E-state index contributed by atoms with van der Waals surface area (Å²) in [6.07, 6.45) is -0.151. The topological polar surface area (TPSA) is 105 Å². The van der Waals surface area contributed by atoms with Gasteiger partial charge in [0.2, 0.25) is 11.8 Å². The fourth-order valence-corrected chi connectivity index (χ4v) is 5.24. The first-order chi connectivity index (χ1) is 14.7. The molecule has 1 unspecified atom stereocenters. The number of amides is 2. The average Bonchev–Trinajstić information content (AvgIpc) is 3.02. The molecule has 2 aromatic carbocycles. The van der Waals surface area contributed by atoms with Crippen molar-refractivity contribution in [2.45, 2.75) is 23.5 Å². The van der Waals surface area contributed by atoms with E-state index in [9.17, 15) is 22.4 Å². The molecule has 8 nitrogen and oxygen atoms in total. The summed E-state index contributed by atoms with van der Waals surface area (Å²) in [6.45, 7) is 1.87. The van der Waals surface area contributed by atoms with Crippen LogP contribution in [-0.4, -0.2) is 49.2 Å². The molecule has 31 heavy (non-hydrogen) atoms. The van der Waals surface area contributed by atoms with Crippen molar-refractivity contribution in [3.63, 3.8) is 0 Å². The molecule has 1 N–H and O–H groups in total. The molecule has 1 atom stereocenters. The molecule has 0 spiro atoms. The first-order valence-electron chi connectivity index (χ1n) is 9.26. The Bertz CT molecular complexity index is 1100. The van der Waals surface area contributed by atoms with Gasteiger partial charge in [0.15, 0.2) is 5.17 Å². The van der Waals surface area contributed by atoms with Crippen molar-refractivity contribution >= 4 is 44.5 Å². The van der Waals surface area contributed by atoms with E-state index in [0.717, 1.165) is 36.0 Å². The molecule has 0 aromatic heterocycles. The van der Waals surface area contributed by atoms with Gasteiger partial charge in [0.25, 0.3) is 10.0 Å². The van der Waals surface area contributed by atoms with Gasteiger partial charge in [-0.25, -0.2) is 4.39 Å². The highest BCUT2D eigenvalue weighted by Crippen LogP contribution is 2.31. The maximum Gasteiger partial charge on any atom is 0.284 e. The van der Waals surface area contributed by atoms with E-state index >= 15 is 0 Å². The summed E-state index contributed by atoms with van der Waals surface area (Å²) in [7, 11) is -2.61. The highest BCUT2D eigenvalue weighted by atomic mass is 32.2. The van der Waals surface area contributed by atoms with Crippen LogP contribution in [0.4, 0.5) is 10.1 Å². The first-order valence-corrected chi connectivity index (χ1v) is 11.6. The van der Waals surface area contributed by atoms with E-state index in [4.69, 9.17) is 4.74 Å². The predicted molar refractivity (Wildman–Crippen MR) is 116 cm³/mol. The number of carbonyl (C=O) groups is 2. The zero-order valence-electron chi connectivity index (χ0n) is 16.7. The number of nitrogens with one attached hydrogen (secondary N) is 1. The summed E-state index contributed by atoms with van der Waals surface area (Å²) < 4.78 is 47.0. The summed E-state index contributed by atoms with van der Waals surface area (Å²) in [4.78, 5) is 26.1. The third-order valence-corrected chi connectivity index (χ3v) is 6.96. The number of sulfonamides is 1. The number of hydrogen-bond acceptors (Lipinski definition) is 6. The molecule has 1 aliphatic heterocycles. The van der Waals surface area contributed by atoms with Gasteiger partial charge in [-0.1, -0.05) is 11.8 Å². The van der Waals surface area contributed by atoms with Crippen LogP contribution in [0.25, 0.3) is 0 Å². The van der Waals surface area contributed by atoms with E-state index in [0.29, 0.717) is 11.4 Å². The van der Waals surface area contributed by atoms with Crippen LogP contribution in [-0.2, 0) is 19.6 Å². The van der Waals surface area contributed by atoms with Gasteiger partial charge in [-0.3, -0.25) is 14.5 Å². The summed E-state index contributed by atoms with van der Waals surface area (Å²) in [5, 5.41) is 1.88. The van der Waals surface area contributed by atoms with Crippen LogP contribution in [0.1, 0.15) is 13.3 Å². The molecule has 2 aromatic rings. The Kier molecular flexibility index (Phi) is 6.96. The summed E-state index contributed by atoms with van der Waals surface area (Å²) in [6, 6.07) is 11.0. The number of nitrogens with zero attached hydrogens (tertiary/aromatic N) is 2. The third kappa shape index (κ3) is 5.42. The summed E-state index contributed by atoms with van der Waals surface area (Å²) in [5.74, 6) is -0.725. The number of carbonyl (C=O) groups excluding carboxylic acids is 2. The molecule has 1 fully saturated rings. The molecule has 0 radical (unpaired) electrons. The number of anilines is 1. The van der Waals surface area contributed by atoms with E-state index in [1.807, 2.05) is 0 Å². The number of hydrogen-bond donors (Lipinski definition) is 1. The molecule has 2 amide bonds. The van der Waals surface area contributed by atoms with E-state index in [2.05, 4.69) is 9.71 Å². The number of benzene rings is 2. The molecule has 1 aliphatic rings. The second-order valence-corrected chi connectivity index (χ2v) is 9.25. The fourth-order valence-electron chi connectivity index (χ4n) is 2.82. The van der Waals surface area contributed by atoms with Gasteiger partial charge in [0.1, 0.15) is 16.8 Å². The maximum absolute atomic E-state index is 13.1. The average molecular weight is 466 g/mol. The maximum atomic E-state index is 13.1. The van der Waals surface area contributed by atoms with Crippen molar-refractivity contribution in [1.82, 2.24) is 4.90 Å². The Hall–Kier alpha value is -2.92. The SMILES string of the molecule is CCN1C(=O)C(CC(=O)Nc2ccc(OC)cc2)SC1=NS(=O)(=O)c1ccc(F)cc1. The number of amidine groups is 1. The van der Waals surface area contributed by atoms with Crippen molar-refractivity contribution < 1.29 is 27.1 Å². The van der Waals surface area contributed by atoms with Crippen LogP contribution in [0.15, 0.2) is 57.8 Å². The number of ether oxygens (including phenoxy) is 1. The van der Waals surface area contributed by atoms with Crippen LogP contribution in [0, 0.1) is 5.82 Å². The van der Waals surface area contributed by atoms with E-state index < -0.39 is 32.9 Å². The van der Waals surface area contributed by atoms with E-state index in [1.165, 1.54) is 12.0 Å². The minimum atomic E-state index is -4.14. The molecule has 0 saturated carbocycles. The Balaban J connectivity index is 1.73. The highest BCUT2D eigenvalue weighted by Gasteiger charge is 2.39. The fraction of sp³-hybridized carbons (Fsp3) is 0.250. The second-order valence-electron chi connectivity index (χ2n) is 6.47. The van der Waals surface area contributed by atoms with Gasteiger partial charge in [-0.05, 0) is 55.5 Å². The summed E-state index contributed by atoms with van der Waals surface area (Å²) in [5.41, 5.74) is 0.543. The molecular formula is C20H20FN3O5S2. The molecule has 11 heteroatoms. The number of rotatable bonds is 7. The van der Waals surface area contributed by atoms with Crippen LogP contribution >= 0.6 is 11.8 Å². The van der Waals surface area contributed by atoms with Crippen molar-refractivity contribution in [3.8, 4) is 5.75 Å². The monoisotopic (exact) mass is 465 g/mol. The molecule has 164 valence electrons. The van der Waals surface area contributed by atoms with Crippen molar-refractivity contribution in [2.24, 2.45) is 4.40 Å². The van der Waals surface area contributed by atoms with Crippen molar-refractivity contribution in [1.29, 1.82) is 0 Å². The van der Waals surface area contributed by atoms with Gasteiger partial charge in [0, 0.05) is 18.7 Å². The molecule has 1 heterocycles. The van der Waals surface area contributed by atoms with Crippen molar-refractivity contribution in [2.75, 3.05) is 19.0 Å². The van der Waals surface area contributed by atoms with Gasteiger partial charge in [-0.2, -0.15) is 8.42 Å². The Morgan fingerprint density at radius 1 is 1.19 bits per heavy atom. The first kappa shape index (κ1) is 22.8. The lowest BCUT2D eigenvalue weighted by molar-refractivity contribution is -0.128. The standard InChI is InChI=1S/C20H20FN3O5S2/c1-3-24-19(26)17(12-18(25)22-14-6-8-15(29-2)9-7-14)30-20(24)23-31(27,28)16-10-4-13(21)5-11-16/h4-11,17H,3,12H2,1-2H3,(H,22,25). The lowest BCUT2D eigenvalue weighted by Crippen LogP contribution is -2.33. The second kappa shape index (κ2) is 9.48. The van der Waals surface area contributed by atoms with E-state index in [-0.39, 0.29) is 23.0 Å². The number of thioether (sulfide) groups is 1. The van der Waals surface area contributed by atoms with Gasteiger partial charge in [0.05, 0.1) is 12.0 Å². The minimum Gasteiger partial charge on any atom is -0.497 e. The van der Waals surface area contributed by atoms with Gasteiger partial charge < -0.3 is 10.1 Å². The number of halogens is 1. The largest absolute Gasteiger partial charge is 0.497 e.